The Bertz CT molecular complexity index is 481. The lowest BCUT2D eigenvalue weighted by atomic mass is 10.1. The van der Waals surface area contributed by atoms with E-state index < -0.39 is 0 Å². The van der Waals surface area contributed by atoms with Gasteiger partial charge >= 0.3 is 0 Å². The Hall–Kier alpha value is -2.17. The fourth-order valence-electron chi connectivity index (χ4n) is 1.57. The first kappa shape index (κ1) is 13.9. The predicted octanol–water partition coefficient (Wildman–Crippen LogP) is 2.44. The van der Waals surface area contributed by atoms with Gasteiger partial charge in [-0.3, -0.25) is 14.9 Å². The second kappa shape index (κ2) is 6.54. The number of nitrogens with one attached hydrogen (secondary N) is 1. The van der Waals surface area contributed by atoms with Crippen LogP contribution in [0.4, 0.5) is 5.69 Å². The number of rotatable bonds is 5. The van der Waals surface area contributed by atoms with Gasteiger partial charge in [-0.25, -0.2) is 0 Å². The number of amides is 1. The Morgan fingerprint density at radius 3 is 2.83 bits per heavy atom. The number of aryl methyl sites for hydroxylation is 1. The van der Waals surface area contributed by atoms with Crippen LogP contribution < -0.4 is 5.32 Å². The van der Waals surface area contributed by atoms with Crippen molar-refractivity contribution in [2.75, 3.05) is 6.54 Å². The van der Waals surface area contributed by atoms with Gasteiger partial charge in [0.25, 0.3) is 5.69 Å². The SMILES string of the molecule is CC(=O)NCCC=Cc1c(C)cccc1[N+](=O)[O-]. The minimum atomic E-state index is -0.388. The average Bonchev–Trinajstić information content (AvgIpc) is 2.29. The third-order valence-electron chi connectivity index (χ3n) is 2.47. The topological polar surface area (TPSA) is 72.2 Å². The van der Waals surface area contributed by atoms with Gasteiger partial charge in [-0.05, 0) is 18.9 Å². The molecule has 5 heteroatoms. The first-order valence-electron chi connectivity index (χ1n) is 5.67. The third kappa shape index (κ3) is 4.01. The van der Waals surface area contributed by atoms with Crippen molar-refractivity contribution in [2.24, 2.45) is 0 Å². The lowest BCUT2D eigenvalue weighted by Gasteiger charge is -2.02. The standard InChI is InChI=1S/C13H16N2O3/c1-10-6-5-8-13(15(17)18)12(10)7-3-4-9-14-11(2)16/h3,5-8H,4,9H2,1-2H3,(H,14,16). The number of hydrogen-bond donors (Lipinski definition) is 1. The van der Waals surface area contributed by atoms with Crippen LogP contribution in [-0.2, 0) is 4.79 Å². The normalized spacial score (nSPS) is 10.6. The summed E-state index contributed by atoms with van der Waals surface area (Å²) in [5, 5.41) is 13.5. The van der Waals surface area contributed by atoms with Gasteiger partial charge in [0.05, 0.1) is 10.5 Å². The number of hydrogen-bond acceptors (Lipinski definition) is 3. The van der Waals surface area contributed by atoms with E-state index in [1.165, 1.54) is 13.0 Å². The Balaban J connectivity index is 2.74. The lowest BCUT2D eigenvalue weighted by molar-refractivity contribution is -0.385. The van der Waals surface area contributed by atoms with E-state index in [0.29, 0.717) is 18.5 Å². The van der Waals surface area contributed by atoms with Crippen LogP contribution in [0.3, 0.4) is 0 Å². The molecule has 1 aromatic rings. The molecule has 96 valence electrons. The summed E-state index contributed by atoms with van der Waals surface area (Å²) in [6.07, 6.45) is 4.20. The summed E-state index contributed by atoms with van der Waals surface area (Å²) in [5.41, 5.74) is 1.58. The number of nitrogens with zero attached hydrogens (tertiary/aromatic N) is 1. The zero-order valence-electron chi connectivity index (χ0n) is 10.5. The molecule has 0 saturated heterocycles. The first-order chi connectivity index (χ1) is 8.52. The second-order valence-electron chi connectivity index (χ2n) is 3.94. The molecule has 1 aromatic carbocycles. The van der Waals surface area contributed by atoms with Gasteiger partial charge in [-0.2, -0.15) is 0 Å². The maximum absolute atomic E-state index is 10.9. The molecule has 0 heterocycles. The van der Waals surface area contributed by atoms with Crippen LogP contribution in [0.5, 0.6) is 0 Å². The summed E-state index contributed by atoms with van der Waals surface area (Å²) in [4.78, 5) is 21.1. The fraction of sp³-hybridized carbons (Fsp3) is 0.308. The zero-order valence-corrected chi connectivity index (χ0v) is 10.5. The smallest absolute Gasteiger partial charge is 0.276 e. The molecule has 0 spiro atoms. The maximum Gasteiger partial charge on any atom is 0.276 e. The highest BCUT2D eigenvalue weighted by Gasteiger charge is 2.12. The summed E-state index contributed by atoms with van der Waals surface area (Å²) < 4.78 is 0. The molecule has 1 N–H and O–H groups in total. The van der Waals surface area contributed by atoms with Crippen LogP contribution in [0.25, 0.3) is 6.08 Å². The molecule has 0 aromatic heterocycles. The second-order valence-corrected chi connectivity index (χ2v) is 3.94. The van der Waals surface area contributed by atoms with Gasteiger partial charge in [-0.1, -0.05) is 24.3 Å². The first-order valence-corrected chi connectivity index (χ1v) is 5.67. The Morgan fingerprint density at radius 1 is 1.50 bits per heavy atom. The Labute approximate surface area is 106 Å². The van der Waals surface area contributed by atoms with E-state index in [9.17, 15) is 14.9 Å². The van der Waals surface area contributed by atoms with Crippen LogP contribution in [0.15, 0.2) is 24.3 Å². The summed E-state index contributed by atoms with van der Waals surface area (Å²) in [5.74, 6) is -0.0785. The monoisotopic (exact) mass is 248 g/mol. The van der Waals surface area contributed by atoms with E-state index in [1.54, 1.807) is 12.1 Å². The number of nitro groups is 1. The third-order valence-corrected chi connectivity index (χ3v) is 2.47. The van der Waals surface area contributed by atoms with Crippen molar-refractivity contribution in [3.8, 4) is 0 Å². The van der Waals surface area contributed by atoms with E-state index in [0.717, 1.165) is 5.56 Å². The van der Waals surface area contributed by atoms with Gasteiger partial charge in [0, 0.05) is 19.5 Å². The van der Waals surface area contributed by atoms with Crippen LogP contribution in [0.1, 0.15) is 24.5 Å². The minimum absolute atomic E-state index is 0.0785. The quantitative estimate of drug-likeness (QED) is 0.494. The van der Waals surface area contributed by atoms with Crippen molar-refractivity contribution in [3.63, 3.8) is 0 Å². The van der Waals surface area contributed by atoms with E-state index in [2.05, 4.69) is 5.32 Å². The highest BCUT2D eigenvalue weighted by Crippen LogP contribution is 2.23. The molecule has 0 aliphatic rings. The largest absolute Gasteiger partial charge is 0.356 e. The number of carbonyl (C=O) groups is 1. The molecule has 0 aliphatic heterocycles. The van der Waals surface area contributed by atoms with Crippen molar-refractivity contribution >= 4 is 17.7 Å². The van der Waals surface area contributed by atoms with Gasteiger partial charge < -0.3 is 5.32 Å². The van der Waals surface area contributed by atoms with Crippen LogP contribution >= 0.6 is 0 Å². The molecule has 0 aliphatic carbocycles. The summed E-state index contributed by atoms with van der Waals surface area (Å²) in [6.45, 7) is 3.82. The molecular formula is C13H16N2O3. The van der Waals surface area contributed by atoms with Gasteiger partial charge in [-0.15, -0.1) is 0 Å². The molecule has 0 radical (unpaired) electrons. The van der Waals surface area contributed by atoms with Crippen LogP contribution in [-0.4, -0.2) is 17.4 Å². The molecule has 0 atom stereocenters. The summed E-state index contributed by atoms with van der Waals surface area (Å²) in [6, 6.07) is 4.99. The van der Waals surface area contributed by atoms with E-state index in [-0.39, 0.29) is 16.5 Å². The van der Waals surface area contributed by atoms with Crippen molar-refractivity contribution in [1.82, 2.24) is 5.32 Å². The zero-order chi connectivity index (χ0) is 13.5. The molecule has 1 amide bonds. The number of benzene rings is 1. The summed E-state index contributed by atoms with van der Waals surface area (Å²) in [7, 11) is 0. The van der Waals surface area contributed by atoms with Gasteiger partial charge in [0.1, 0.15) is 0 Å². The molecule has 0 saturated carbocycles. The summed E-state index contributed by atoms with van der Waals surface area (Å²) >= 11 is 0. The maximum atomic E-state index is 10.9. The van der Waals surface area contributed by atoms with Crippen molar-refractivity contribution < 1.29 is 9.72 Å². The van der Waals surface area contributed by atoms with Crippen molar-refractivity contribution in [2.45, 2.75) is 20.3 Å². The Kier molecular flexibility index (Phi) is 5.05. The molecule has 18 heavy (non-hydrogen) atoms. The number of nitro benzene ring substituents is 1. The van der Waals surface area contributed by atoms with Crippen molar-refractivity contribution in [1.29, 1.82) is 0 Å². The lowest BCUT2D eigenvalue weighted by Crippen LogP contribution is -2.20. The predicted molar refractivity (Wildman–Crippen MR) is 70.2 cm³/mol. The molecule has 1 rings (SSSR count). The van der Waals surface area contributed by atoms with Crippen molar-refractivity contribution in [3.05, 3.63) is 45.5 Å². The highest BCUT2D eigenvalue weighted by molar-refractivity contribution is 5.72. The highest BCUT2D eigenvalue weighted by atomic mass is 16.6. The molecule has 5 nitrogen and oxygen atoms in total. The van der Waals surface area contributed by atoms with Crippen LogP contribution in [0.2, 0.25) is 0 Å². The van der Waals surface area contributed by atoms with Gasteiger partial charge in [0.15, 0.2) is 0 Å². The molecule has 0 fully saturated rings. The Morgan fingerprint density at radius 2 is 2.22 bits per heavy atom. The van der Waals surface area contributed by atoms with E-state index in [4.69, 9.17) is 0 Å². The molecular weight excluding hydrogens is 232 g/mol. The molecule has 0 bridgehead atoms. The minimum Gasteiger partial charge on any atom is -0.356 e. The van der Waals surface area contributed by atoms with Crippen LogP contribution in [0, 0.1) is 17.0 Å². The van der Waals surface area contributed by atoms with E-state index in [1.807, 2.05) is 19.1 Å². The fourth-order valence-corrected chi connectivity index (χ4v) is 1.57. The van der Waals surface area contributed by atoms with E-state index >= 15 is 0 Å². The van der Waals surface area contributed by atoms with Gasteiger partial charge in [0.2, 0.25) is 5.91 Å². The molecule has 0 unspecified atom stereocenters. The number of carbonyl (C=O) groups excluding carboxylic acids is 1. The average molecular weight is 248 g/mol.